The Hall–Kier alpha value is -1.14. The lowest BCUT2D eigenvalue weighted by Gasteiger charge is -2.08. The first-order valence-corrected chi connectivity index (χ1v) is 5.93. The highest BCUT2D eigenvalue weighted by molar-refractivity contribution is 8.03. The van der Waals surface area contributed by atoms with Crippen molar-refractivity contribution in [1.29, 1.82) is 5.26 Å². The molecular weight excluding hydrogens is 206 g/mol. The number of nitriles is 1. The van der Waals surface area contributed by atoms with Crippen LogP contribution in [-0.2, 0) is 0 Å². The molecule has 0 fully saturated rings. The van der Waals surface area contributed by atoms with Gasteiger partial charge in [0.05, 0.1) is 6.61 Å². The van der Waals surface area contributed by atoms with Crippen LogP contribution in [0.25, 0.3) is 0 Å². The van der Waals surface area contributed by atoms with E-state index in [9.17, 15) is 0 Å². The number of rotatable bonds is 5. The minimum absolute atomic E-state index is 0.679. The molecule has 0 saturated heterocycles. The summed E-state index contributed by atoms with van der Waals surface area (Å²) < 4.78 is 5.62. The average molecular weight is 221 g/mol. The predicted molar refractivity (Wildman–Crippen MR) is 64.1 cm³/mol. The van der Waals surface area contributed by atoms with E-state index >= 15 is 0 Å². The van der Waals surface area contributed by atoms with E-state index in [1.807, 2.05) is 24.5 Å². The largest absolute Gasteiger partial charge is 0.493 e. The van der Waals surface area contributed by atoms with Crippen molar-refractivity contribution in [2.24, 2.45) is 0 Å². The normalized spacial score (nSPS) is 9.67. The summed E-state index contributed by atoms with van der Waals surface area (Å²) in [6.07, 6.45) is 0.908. The van der Waals surface area contributed by atoms with Crippen LogP contribution in [0.5, 0.6) is 5.75 Å². The van der Waals surface area contributed by atoms with Gasteiger partial charge in [-0.25, -0.2) is 0 Å². The lowest BCUT2D eigenvalue weighted by molar-refractivity contribution is 0.316. The fourth-order valence-corrected chi connectivity index (χ4v) is 1.67. The maximum absolute atomic E-state index is 8.33. The van der Waals surface area contributed by atoms with E-state index in [0.29, 0.717) is 6.61 Å². The van der Waals surface area contributed by atoms with Gasteiger partial charge in [-0.2, -0.15) is 5.26 Å². The third-order valence-electron chi connectivity index (χ3n) is 2.04. The number of hydrogen-bond acceptors (Lipinski definition) is 3. The molecule has 80 valence electrons. The maximum Gasteiger partial charge on any atom is 0.133 e. The molecule has 2 nitrogen and oxygen atoms in total. The van der Waals surface area contributed by atoms with Gasteiger partial charge in [0.15, 0.2) is 0 Å². The summed E-state index contributed by atoms with van der Waals surface area (Å²) in [5.41, 5.74) is 2.42. The SMILES string of the molecule is Cc1ccc(OCCCSC#N)c(C)c1. The summed E-state index contributed by atoms with van der Waals surface area (Å²) in [4.78, 5) is 0. The summed E-state index contributed by atoms with van der Waals surface area (Å²) in [6, 6.07) is 6.16. The second-order valence-corrected chi connectivity index (χ2v) is 4.29. The minimum atomic E-state index is 0.679. The van der Waals surface area contributed by atoms with E-state index in [2.05, 4.69) is 13.0 Å². The molecule has 1 aromatic carbocycles. The van der Waals surface area contributed by atoms with Crippen LogP contribution in [0.3, 0.4) is 0 Å². The fraction of sp³-hybridized carbons (Fsp3) is 0.417. The third-order valence-corrected chi connectivity index (χ3v) is 2.67. The van der Waals surface area contributed by atoms with Crippen molar-refractivity contribution in [2.45, 2.75) is 20.3 Å². The van der Waals surface area contributed by atoms with Crippen molar-refractivity contribution in [1.82, 2.24) is 0 Å². The second-order valence-electron chi connectivity index (χ2n) is 3.41. The molecule has 0 heterocycles. The van der Waals surface area contributed by atoms with Crippen molar-refractivity contribution >= 4 is 11.8 Å². The lowest BCUT2D eigenvalue weighted by Crippen LogP contribution is -1.99. The third kappa shape index (κ3) is 4.26. The van der Waals surface area contributed by atoms with E-state index in [0.717, 1.165) is 17.9 Å². The van der Waals surface area contributed by atoms with Gasteiger partial charge in [-0.1, -0.05) is 17.7 Å². The van der Waals surface area contributed by atoms with Gasteiger partial charge in [0.1, 0.15) is 11.2 Å². The van der Waals surface area contributed by atoms with E-state index in [1.165, 1.54) is 22.9 Å². The number of ether oxygens (including phenoxy) is 1. The van der Waals surface area contributed by atoms with Gasteiger partial charge in [-0.3, -0.25) is 0 Å². The average Bonchev–Trinajstić information content (AvgIpc) is 2.20. The van der Waals surface area contributed by atoms with Gasteiger partial charge < -0.3 is 4.74 Å². The zero-order valence-electron chi connectivity index (χ0n) is 9.12. The summed E-state index contributed by atoms with van der Waals surface area (Å²) in [6.45, 7) is 4.80. The molecule has 0 amide bonds. The Kier molecular flexibility index (Phi) is 5.06. The molecule has 3 heteroatoms. The van der Waals surface area contributed by atoms with Gasteiger partial charge in [0.2, 0.25) is 0 Å². The molecule has 0 saturated carbocycles. The lowest BCUT2D eigenvalue weighted by atomic mass is 10.1. The van der Waals surface area contributed by atoms with Crippen LogP contribution < -0.4 is 4.74 Å². The molecule has 15 heavy (non-hydrogen) atoms. The number of hydrogen-bond donors (Lipinski definition) is 0. The van der Waals surface area contributed by atoms with Crippen LogP contribution in [0.4, 0.5) is 0 Å². The van der Waals surface area contributed by atoms with E-state index in [1.54, 1.807) is 0 Å². The first-order valence-electron chi connectivity index (χ1n) is 4.95. The molecule has 0 atom stereocenters. The summed E-state index contributed by atoms with van der Waals surface area (Å²) in [5, 5.41) is 10.4. The molecule has 0 aromatic heterocycles. The quantitative estimate of drug-likeness (QED) is 0.565. The minimum Gasteiger partial charge on any atom is -0.493 e. The number of thiocyanates is 1. The number of aryl methyl sites for hydroxylation is 2. The topological polar surface area (TPSA) is 33.0 Å². The zero-order valence-corrected chi connectivity index (χ0v) is 9.93. The highest BCUT2D eigenvalue weighted by Gasteiger charge is 1.98. The molecule has 0 unspecified atom stereocenters. The summed E-state index contributed by atoms with van der Waals surface area (Å²) >= 11 is 1.28. The van der Waals surface area contributed by atoms with Crippen LogP contribution in [0, 0.1) is 24.5 Å². The first kappa shape index (κ1) is 11.9. The van der Waals surface area contributed by atoms with Gasteiger partial charge in [-0.05, 0) is 43.7 Å². The van der Waals surface area contributed by atoms with Gasteiger partial charge in [0.25, 0.3) is 0 Å². The van der Waals surface area contributed by atoms with E-state index in [-0.39, 0.29) is 0 Å². The smallest absolute Gasteiger partial charge is 0.133 e. The van der Waals surface area contributed by atoms with Crippen molar-refractivity contribution in [3.05, 3.63) is 29.3 Å². The van der Waals surface area contributed by atoms with Gasteiger partial charge in [-0.15, -0.1) is 0 Å². The van der Waals surface area contributed by atoms with Gasteiger partial charge in [0, 0.05) is 5.75 Å². The summed E-state index contributed by atoms with van der Waals surface area (Å²) in [7, 11) is 0. The molecule has 0 aliphatic heterocycles. The molecular formula is C12H15NOS. The molecule has 0 aliphatic carbocycles. The monoisotopic (exact) mass is 221 g/mol. The number of thioether (sulfide) groups is 1. The van der Waals surface area contributed by atoms with Crippen molar-refractivity contribution in [2.75, 3.05) is 12.4 Å². The van der Waals surface area contributed by atoms with Gasteiger partial charge >= 0.3 is 0 Å². The first-order chi connectivity index (χ1) is 7.24. The number of benzene rings is 1. The highest BCUT2D eigenvalue weighted by atomic mass is 32.2. The molecule has 1 rings (SSSR count). The molecule has 0 aliphatic rings. The Labute approximate surface area is 95.3 Å². The standard InChI is InChI=1S/C12H15NOS/c1-10-4-5-12(11(2)8-10)14-6-3-7-15-9-13/h4-5,8H,3,6-7H2,1-2H3. The molecule has 0 N–H and O–H groups in total. The van der Waals surface area contributed by atoms with Crippen LogP contribution in [0.2, 0.25) is 0 Å². The molecule has 0 bridgehead atoms. The van der Waals surface area contributed by atoms with Crippen molar-refractivity contribution < 1.29 is 4.74 Å². The molecule has 0 spiro atoms. The Balaban J connectivity index is 2.35. The Morgan fingerprint density at radius 2 is 2.20 bits per heavy atom. The van der Waals surface area contributed by atoms with Crippen molar-refractivity contribution in [3.63, 3.8) is 0 Å². The Bertz CT molecular complexity index is 357. The Morgan fingerprint density at radius 1 is 1.40 bits per heavy atom. The Morgan fingerprint density at radius 3 is 2.87 bits per heavy atom. The van der Waals surface area contributed by atoms with Crippen LogP contribution in [0.15, 0.2) is 18.2 Å². The number of nitrogens with zero attached hydrogens (tertiary/aromatic N) is 1. The van der Waals surface area contributed by atoms with Crippen LogP contribution in [-0.4, -0.2) is 12.4 Å². The van der Waals surface area contributed by atoms with Crippen molar-refractivity contribution in [3.8, 4) is 11.2 Å². The molecule has 1 aromatic rings. The summed E-state index contributed by atoms with van der Waals surface area (Å²) in [5.74, 6) is 1.78. The second kappa shape index (κ2) is 6.36. The zero-order chi connectivity index (χ0) is 11.1. The molecule has 0 radical (unpaired) electrons. The predicted octanol–water partition coefficient (Wildman–Crippen LogP) is 3.29. The maximum atomic E-state index is 8.33. The highest BCUT2D eigenvalue weighted by Crippen LogP contribution is 2.18. The van der Waals surface area contributed by atoms with E-state index < -0.39 is 0 Å². The fourth-order valence-electron chi connectivity index (χ4n) is 1.32. The van der Waals surface area contributed by atoms with Crippen LogP contribution >= 0.6 is 11.8 Å². The van der Waals surface area contributed by atoms with Crippen LogP contribution in [0.1, 0.15) is 17.5 Å². The van der Waals surface area contributed by atoms with E-state index in [4.69, 9.17) is 10.00 Å².